The first kappa shape index (κ1) is 17.4. The summed E-state index contributed by atoms with van der Waals surface area (Å²) in [5.41, 5.74) is 3.59. The molecule has 3 rings (SSSR count). The van der Waals surface area contributed by atoms with E-state index in [2.05, 4.69) is 16.8 Å². The topological polar surface area (TPSA) is 51.1 Å². The number of carbonyl (C=O) groups is 2. The smallest absolute Gasteiger partial charge is 0.159 e. The summed E-state index contributed by atoms with van der Waals surface area (Å²) in [5.74, 6) is 0.102. The molecule has 0 aliphatic carbocycles. The van der Waals surface area contributed by atoms with Gasteiger partial charge in [0.1, 0.15) is 0 Å². The number of ketones is 2. The molecule has 0 fully saturated rings. The summed E-state index contributed by atoms with van der Waals surface area (Å²) in [6.45, 7) is 8.04. The lowest BCUT2D eigenvalue weighted by Gasteiger charge is -2.09. The third-order valence-corrected chi connectivity index (χ3v) is 4.62. The molecule has 0 bridgehead atoms. The Morgan fingerprint density at radius 2 is 1.40 bits per heavy atom. The highest BCUT2D eigenvalue weighted by Crippen LogP contribution is 2.31. The normalized spacial score (nSPS) is 11.3. The van der Waals surface area contributed by atoms with E-state index in [1.807, 2.05) is 36.4 Å². The van der Waals surface area contributed by atoms with Crippen molar-refractivity contribution >= 4 is 33.4 Å². The average Bonchev–Trinajstić information content (AvgIpc) is 2.91. The van der Waals surface area contributed by atoms with Gasteiger partial charge in [0.25, 0.3) is 0 Å². The summed E-state index contributed by atoms with van der Waals surface area (Å²) < 4.78 is 2.27. The predicted octanol–water partition coefficient (Wildman–Crippen LogP) is 4.20. The van der Waals surface area contributed by atoms with Crippen molar-refractivity contribution in [3.8, 4) is 0 Å². The molecule has 1 aromatic heterocycles. The van der Waals surface area contributed by atoms with Crippen LogP contribution in [0.4, 0.5) is 0 Å². The Morgan fingerprint density at radius 3 is 1.84 bits per heavy atom. The van der Waals surface area contributed by atoms with Crippen LogP contribution in [0, 0.1) is 0 Å². The van der Waals surface area contributed by atoms with E-state index in [0.29, 0.717) is 11.1 Å². The molecular formula is C21H24N2O2. The van der Waals surface area contributed by atoms with E-state index in [4.69, 9.17) is 0 Å². The molecule has 2 aromatic carbocycles. The van der Waals surface area contributed by atoms with Crippen LogP contribution in [0.25, 0.3) is 21.8 Å². The Bertz CT molecular complexity index is 882. The number of benzene rings is 2. The van der Waals surface area contributed by atoms with E-state index in [1.165, 1.54) is 0 Å². The zero-order valence-electron chi connectivity index (χ0n) is 15.1. The van der Waals surface area contributed by atoms with Crippen molar-refractivity contribution in [3.63, 3.8) is 0 Å². The molecule has 0 amide bonds. The number of nitrogens with zero attached hydrogens (tertiary/aromatic N) is 1. The third-order valence-electron chi connectivity index (χ3n) is 4.62. The summed E-state index contributed by atoms with van der Waals surface area (Å²) in [4.78, 5) is 23.6. The lowest BCUT2D eigenvalue weighted by molar-refractivity contribution is 0.100. The molecule has 1 heterocycles. The Balaban J connectivity index is 2.18. The predicted molar refractivity (Wildman–Crippen MR) is 103 cm³/mol. The van der Waals surface area contributed by atoms with Crippen LogP contribution in [0.3, 0.4) is 0 Å². The van der Waals surface area contributed by atoms with Crippen molar-refractivity contribution in [1.29, 1.82) is 0 Å². The molecule has 0 saturated heterocycles. The second kappa shape index (κ2) is 7.19. The first-order valence-corrected chi connectivity index (χ1v) is 8.81. The number of carbonyl (C=O) groups excluding carboxylic acids is 2. The summed E-state index contributed by atoms with van der Waals surface area (Å²) >= 11 is 0. The van der Waals surface area contributed by atoms with Crippen LogP contribution in [-0.2, 0) is 6.54 Å². The maximum Gasteiger partial charge on any atom is 0.159 e. The molecule has 0 spiro atoms. The lowest BCUT2D eigenvalue weighted by atomic mass is 10.0. The van der Waals surface area contributed by atoms with Gasteiger partial charge in [-0.2, -0.15) is 0 Å². The maximum atomic E-state index is 11.8. The second-order valence-corrected chi connectivity index (χ2v) is 6.48. The molecular weight excluding hydrogens is 312 g/mol. The first-order valence-electron chi connectivity index (χ1n) is 8.81. The Morgan fingerprint density at radius 1 is 0.880 bits per heavy atom. The Kier molecular flexibility index (Phi) is 5.00. The van der Waals surface area contributed by atoms with Gasteiger partial charge in [-0.15, -0.1) is 0 Å². The average molecular weight is 336 g/mol. The van der Waals surface area contributed by atoms with Gasteiger partial charge in [-0.05, 0) is 63.2 Å². The minimum absolute atomic E-state index is 0.0511. The molecule has 0 saturated carbocycles. The number of hydrogen-bond donors (Lipinski definition) is 1. The summed E-state index contributed by atoms with van der Waals surface area (Å²) in [7, 11) is 0. The number of rotatable bonds is 7. The minimum atomic E-state index is 0.0511. The van der Waals surface area contributed by atoms with Gasteiger partial charge in [0.2, 0.25) is 0 Å². The molecule has 0 radical (unpaired) electrons. The van der Waals surface area contributed by atoms with Gasteiger partial charge in [-0.1, -0.05) is 6.92 Å². The quantitative estimate of drug-likeness (QED) is 0.520. The minimum Gasteiger partial charge on any atom is -0.339 e. The van der Waals surface area contributed by atoms with Gasteiger partial charge in [-0.3, -0.25) is 9.59 Å². The van der Waals surface area contributed by atoms with Crippen LogP contribution in [-0.4, -0.2) is 29.2 Å². The van der Waals surface area contributed by atoms with E-state index in [0.717, 1.165) is 47.9 Å². The van der Waals surface area contributed by atoms with E-state index in [-0.39, 0.29) is 11.6 Å². The van der Waals surface area contributed by atoms with Gasteiger partial charge in [0.05, 0.1) is 0 Å². The number of Topliss-reactive ketones (excluding diaryl/α,β-unsaturated/α-hetero) is 2. The van der Waals surface area contributed by atoms with E-state index >= 15 is 0 Å². The number of aromatic nitrogens is 1. The summed E-state index contributed by atoms with van der Waals surface area (Å²) in [6, 6.07) is 11.7. The zero-order chi connectivity index (χ0) is 18.0. The number of fused-ring (bicyclic) bond motifs is 3. The maximum absolute atomic E-state index is 11.8. The Hall–Kier alpha value is -2.46. The van der Waals surface area contributed by atoms with Crippen LogP contribution in [0.2, 0.25) is 0 Å². The highest BCUT2D eigenvalue weighted by Gasteiger charge is 2.13. The highest BCUT2D eigenvalue weighted by molar-refractivity contribution is 6.12. The van der Waals surface area contributed by atoms with Gasteiger partial charge < -0.3 is 9.88 Å². The number of nitrogens with one attached hydrogen (secondary N) is 1. The van der Waals surface area contributed by atoms with Crippen molar-refractivity contribution in [1.82, 2.24) is 9.88 Å². The van der Waals surface area contributed by atoms with Gasteiger partial charge >= 0.3 is 0 Å². The van der Waals surface area contributed by atoms with Crippen molar-refractivity contribution in [3.05, 3.63) is 47.5 Å². The van der Waals surface area contributed by atoms with Crippen LogP contribution in [0.5, 0.6) is 0 Å². The van der Waals surface area contributed by atoms with Crippen LogP contribution in [0.15, 0.2) is 36.4 Å². The van der Waals surface area contributed by atoms with Crippen LogP contribution in [0.1, 0.15) is 47.9 Å². The van der Waals surface area contributed by atoms with Gasteiger partial charge in [-0.25, -0.2) is 0 Å². The van der Waals surface area contributed by atoms with Crippen molar-refractivity contribution < 1.29 is 9.59 Å². The third kappa shape index (κ3) is 3.35. The monoisotopic (exact) mass is 336 g/mol. The fourth-order valence-electron chi connectivity index (χ4n) is 3.28. The van der Waals surface area contributed by atoms with E-state index in [1.54, 1.807) is 13.8 Å². The largest absolute Gasteiger partial charge is 0.339 e. The molecule has 0 atom stereocenters. The zero-order valence-corrected chi connectivity index (χ0v) is 15.1. The molecule has 0 aliphatic rings. The molecule has 4 nitrogen and oxygen atoms in total. The summed E-state index contributed by atoms with van der Waals surface area (Å²) in [5, 5.41) is 5.49. The van der Waals surface area contributed by atoms with Crippen molar-refractivity contribution in [2.45, 2.75) is 33.7 Å². The van der Waals surface area contributed by atoms with E-state index in [9.17, 15) is 9.59 Å². The number of hydrogen-bond acceptors (Lipinski definition) is 3. The fraction of sp³-hybridized carbons (Fsp3) is 0.333. The standard InChI is InChI=1S/C21H24N2O2/c1-4-9-22-10-11-23-20-7-5-16(14(2)24)12-18(20)19-13-17(15(3)25)6-8-21(19)23/h5-8,12-13,22H,4,9-11H2,1-3H3. The highest BCUT2D eigenvalue weighted by atomic mass is 16.1. The molecule has 25 heavy (non-hydrogen) atoms. The van der Waals surface area contributed by atoms with Crippen molar-refractivity contribution in [2.75, 3.05) is 13.1 Å². The van der Waals surface area contributed by atoms with Gasteiger partial charge in [0, 0.05) is 46.0 Å². The van der Waals surface area contributed by atoms with Crippen molar-refractivity contribution in [2.24, 2.45) is 0 Å². The van der Waals surface area contributed by atoms with Crippen LogP contribution >= 0.6 is 0 Å². The lowest BCUT2D eigenvalue weighted by Crippen LogP contribution is -2.20. The molecule has 3 aromatic rings. The molecule has 0 unspecified atom stereocenters. The van der Waals surface area contributed by atoms with Gasteiger partial charge in [0.15, 0.2) is 11.6 Å². The molecule has 0 aliphatic heterocycles. The SMILES string of the molecule is CCCNCCn1c2ccc(C(C)=O)cc2c2cc(C(C)=O)ccc21. The first-order chi connectivity index (χ1) is 12.0. The Labute approximate surface area is 147 Å². The fourth-order valence-corrected chi connectivity index (χ4v) is 3.28. The summed E-state index contributed by atoms with van der Waals surface area (Å²) in [6.07, 6.45) is 1.11. The molecule has 130 valence electrons. The van der Waals surface area contributed by atoms with E-state index < -0.39 is 0 Å². The molecule has 4 heteroatoms. The molecule has 1 N–H and O–H groups in total. The second-order valence-electron chi connectivity index (χ2n) is 6.48. The van der Waals surface area contributed by atoms with Crippen LogP contribution < -0.4 is 5.32 Å².